The van der Waals surface area contributed by atoms with Crippen LogP contribution in [-0.4, -0.2) is 17.7 Å². The Bertz CT molecular complexity index is 364. The van der Waals surface area contributed by atoms with Crippen molar-refractivity contribution in [1.82, 2.24) is 5.32 Å². The molecule has 0 amide bonds. The molecular formula is C15H21NO. The Labute approximate surface area is 103 Å². The first kappa shape index (κ1) is 11.2. The molecule has 1 aliphatic heterocycles. The number of nitrogens with one attached hydrogen (secondary N) is 1. The Morgan fingerprint density at radius 1 is 1.24 bits per heavy atom. The number of aliphatic hydroxyl groups excluding tert-OH is 1. The summed E-state index contributed by atoms with van der Waals surface area (Å²) in [5, 5.41) is 13.9. The van der Waals surface area contributed by atoms with Gasteiger partial charge in [0.25, 0.3) is 0 Å². The average molecular weight is 231 g/mol. The zero-order valence-electron chi connectivity index (χ0n) is 10.2. The van der Waals surface area contributed by atoms with Crippen molar-refractivity contribution in [2.75, 3.05) is 6.54 Å². The Morgan fingerprint density at radius 2 is 2.06 bits per heavy atom. The molecule has 2 fully saturated rings. The fourth-order valence-corrected chi connectivity index (χ4v) is 3.61. The van der Waals surface area contributed by atoms with E-state index >= 15 is 0 Å². The van der Waals surface area contributed by atoms with Crippen molar-refractivity contribution in [3.8, 4) is 0 Å². The van der Waals surface area contributed by atoms with Crippen molar-refractivity contribution in [2.24, 2.45) is 11.8 Å². The second-order valence-electron chi connectivity index (χ2n) is 5.53. The maximum absolute atomic E-state index is 10.3. The fourth-order valence-electron chi connectivity index (χ4n) is 3.61. The van der Waals surface area contributed by atoms with Gasteiger partial charge in [0.1, 0.15) is 0 Å². The molecular weight excluding hydrogens is 210 g/mol. The third-order valence-electron chi connectivity index (χ3n) is 4.54. The zero-order valence-corrected chi connectivity index (χ0v) is 10.2. The van der Waals surface area contributed by atoms with E-state index < -0.39 is 0 Å². The molecule has 2 nitrogen and oxygen atoms in total. The number of aliphatic hydroxyl groups is 1. The summed E-state index contributed by atoms with van der Waals surface area (Å²) in [6.07, 6.45) is 4.67. The molecule has 3 rings (SSSR count). The Morgan fingerprint density at radius 3 is 2.88 bits per heavy atom. The SMILES string of the molecule is OC(CC1NCC2CCCC21)c1ccccc1. The van der Waals surface area contributed by atoms with Crippen LogP contribution in [-0.2, 0) is 0 Å². The number of rotatable bonds is 3. The fraction of sp³-hybridized carbons (Fsp3) is 0.600. The lowest BCUT2D eigenvalue weighted by atomic mass is 9.89. The summed E-state index contributed by atoms with van der Waals surface area (Å²) < 4.78 is 0. The summed E-state index contributed by atoms with van der Waals surface area (Å²) in [5.41, 5.74) is 1.05. The molecule has 17 heavy (non-hydrogen) atoms. The van der Waals surface area contributed by atoms with E-state index in [1.165, 1.54) is 19.3 Å². The number of hydrogen-bond donors (Lipinski definition) is 2. The molecule has 1 heterocycles. The summed E-state index contributed by atoms with van der Waals surface area (Å²) >= 11 is 0. The van der Waals surface area contributed by atoms with Gasteiger partial charge in [0, 0.05) is 6.04 Å². The quantitative estimate of drug-likeness (QED) is 0.837. The van der Waals surface area contributed by atoms with Gasteiger partial charge in [0.15, 0.2) is 0 Å². The van der Waals surface area contributed by atoms with Crippen LogP contribution in [0.25, 0.3) is 0 Å². The van der Waals surface area contributed by atoms with E-state index in [4.69, 9.17) is 0 Å². The highest BCUT2D eigenvalue weighted by atomic mass is 16.3. The summed E-state index contributed by atoms with van der Waals surface area (Å²) in [7, 11) is 0. The van der Waals surface area contributed by atoms with Crippen LogP contribution < -0.4 is 5.32 Å². The minimum atomic E-state index is -0.312. The highest BCUT2D eigenvalue weighted by Crippen LogP contribution is 2.40. The zero-order chi connectivity index (χ0) is 11.7. The Kier molecular flexibility index (Phi) is 3.17. The highest BCUT2D eigenvalue weighted by molar-refractivity contribution is 5.17. The number of hydrogen-bond acceptors (Lipinski definition) is 2. The van der Waals surface area contributed by atoms with E-state index in [1.807, 2.05) is 30.3 Å². The van der Waals surface area contributed by atoms with E-state index in [-0.39, 0.29) is 6.10 Å². The van der Waals surface area contributed by atoms with Crippen LogP contribution in [0.5, 0.6) is 0 Å². The van der Waals surface area contributed by atoms with Gasteiger partial charge in [-0.2, -0.15) is 0 Å². The van der Waals surface area contributed by atoms with Gasteiger partial charge in [-0.25, -0.2) is 0 Å². The van der Waals surface area contributed by atoms with E-state index in [0.29, 0.717) is 6.04 Å². The lowest BCUT2D eigenvalue weighted by Crippen LogP contribution is -2.28. The second-order valence-corrected chi connectivity index (χ2v) is 5.53. The van der Waals surface area contributed by atoms with Crippen molar-refractivity contribution in [3.63, 3.8) is 0 Å². The van der Waals surface area contributed by atoms with Gasteiger partial charge in [-0.3, -0.25) is 0 Å². The average Bonchev–Trinajstić information content (AvgIpc) is 2.95. The standard InChI is InChI=1S/C15H21NO/c17-15(11-5-2-1-3-6-11)9-14-13-8-4-7-12(13)10-16-14/h1-3,5-6,12-17H,4,7-10H2. The minimum absolute atomic E-state index is 0.312. The van der Waals surface area contributed by atoms with Crippen LogP contribution in [0.4, 0.5) is 0 Å². The Hall–Kier alpha value is -0.860. The highest BCUT2D eigenvalue weighted by Gasteiger charge is 2.39. The largest absolute Gasteiger partial charge is 0.388 e. The van der Waals surface area contributed by atoms with E-state index in [1.54, 1.807) is 0 Å². The third-order valence-corrected chi connectivity index (χ3v) is 4.54. The molecule has 2 N–H and O–H groups in total. The molecule has 1 aromatic carbocycles. The molecule has 1 saturated carbocycles. The van der Waals surface area contributed by atoms with Crippen molar-refractivity contribution < 1.29 is 5.11 Å². The van der Waals surface area contributed by atoms with Crippen LogP contribution in [0.2, 0.25) is 0 Å². The van der Waals surface area contributed by atoms with Gasteiger partial charge in [-0.05, 0) is 43.2 Å². The van der Waals surface area contributed by atoms with E-state index in [2.05, 4.69) is 5.32 Å². The third kappa shape index (κ3) is 2.24. The summed E-state index contributed by atoms with van der Waals surface area (Å²) in [4.78, 5) is 0. The molecule has 0 spiro atoms. The van der Waals surface area contributed by atoms with Crippen LogP contribution >= 0.6 is 0 Å². The summed E-state index contributed by atoms with van der Waals surface area (Å²) in [6.45, 7) is 1.16. The van der Waals surface area contributed by atoms with Gasteiger partial charge >= 0.3 is 0 Å². The van der Waals surface area contributed by atoms with Crippen molar-refractivity contribution >= 4 is 0 Å². The molecule has 0 bridgehead atoms. The lowest BCUT2D eigenvalue weighted by molar-refractivity contribution is 0.145. The molecule has 2 heteroatoms. The molecule has 4 atom stereocenters. The Balaban J connectivity index is 1.64. The van der Waals surface area contributed by atoms with Crippen molar-refractivity contribution in [3.05, 3.63) is 35.9 Å². The molecule has 1 saturated heterocycles. The predicted molar refractivity (Wildman–Crippen MR) is 68.6 cm³/mol. The first-order valence-electron chi connectivity index (χ1n) is 6.81. The molecule has 0 aromatic heterocycles. The van der Waals surface area contributed by atoms with Crippen LogP contribution in [0, 0.1) is 11.8 Å². The number of benzene rings is 1. The predicted octanol–water partition coefficient (Wildman–Crippen LogP) is 2.50. The molecule has 2 aliphatic rings. The summed E-state index contributed by atoms with van der Waals surface area (Å²) in [6, 6.07) is 10.6. The van der Waals surface area contributed by atoms with Gasteiger partial charge in [0.2, 0.25) is 0 Å². The molecule has 1 aromatic rings. The van der Waals surface area contributed by atoms with E-state index in [9.17, 15) is 5.11 Å². The molecule has 92 valence electrons. The topological polar surface area (TPSA) is 32.3 Å². The van der Waals surface area contributed by atoms with Crippen LogP contribution in [0.3, 0.4) is 0 Å². The molecule has 1 aliphatic carbocycles. The summed E-state index contributed by atoms with van der Waals surface area (Å²) in [5.74, 6) is 1.69. The monoisotopic (exact) mass is 231 g/mol. The normalized spacial score (nSPS) is 33.6. The van der Waals surface area contributed by atoms with Crippen molar-refractivity contribution in [1.29, 1.82) is 0 Å². The number of fused-ring (bicyclic) bond motifs is 1. The van der Waals surface area contributed by atoms with E-state index in [0.717, 1.165) is 30.4 Å². The van der Waals surface area contributed by atoms with Gasteiger partial charge < -0.3 is 10.4 Å². The molecule has 0 radical (unpaired) electrons. The van der Waals surface area contributed by atoms with Gasteiger partial charge in [0.05, 0.1) is 6.10 Å². The first-order valence-corrected chi connectivity index (χ1v) is 6.81. The second kappa shape index (κ2) is 4.79. The molecule has 4 unspecified atom stereocenters. The lowest BCUT2D eigenvalue weighted by Gasteiger charge is -2.21. The van der Waals surface area contributed by atoms with Crippen molar-refractivity contribution in [2.45, 2.75) is 37.8 Å². The van der Waals surface area contributed by atoms with Crippen LogP contribution in [0.1, 0.15) is 37.4 Å². The maximum Gasteiger partial charge on any atom is 0.0805 e. The van der Waals surface area contributed by atoms with Gasteiger partial charge in [-0.15, -0.1) is 0 Å². The van der Waals surface area contributed by atoms with Crippen LogP contribution in [0.15, 0.2) is 30.3 Å². The first-order chi connectivity index (χ1) is 8.34. The maximum atomic E-state index is 10.3. The smallest absolute Gasteiger partial charge is 0.0805 e. The van der Waals surface area contributed by atoms with Gasteiger partial charge in [-0.1, -0.05) is 36.8 Å². The minimum Gasteiger partial charge on any atom is -0.388 e.